The van der Waals surface area contributed by atoms with Gasteiger partial charge in [-0.15, -0.1) is 0 Å². The first-order chi connectivity index (χ1) is 10.6. The zero-order chi connectivity index (χ0) is 15.6. The topological polar surface area (TPSA) is 0 Å². The van der Waals surface area contributed by atoms with Gasteiger partial charge in [0.2, 0.25) is 0 Å². The maximum absolute atomic E-state index is 12.7. The van der Waals surface area contributed by atoms with Gasteiger partial charge in [-0.3, -0.25) is 0 Å². The largest absolute Gasteiger partial charge is 0.416 e. The third-order valence-corrected chi connectivity index (χ3v) is 3.86. The minimum Gasteiger partial charge on any atom is -0.166 e. The number of hydrogen-bond acceptors (Lipinski definition) is 0. The van der Waals surface area contributed by atoms with E-state index in [2.05, 4.69) is 12.2 Å². The Hall–Kier alpha value is -2.29. The Labute approximate surface area is 127 Å². The molecule has 0 heterocycles. The van der Waals surface area contributed by atoms with Gasteiger partial charge in [0.1, 0.15) is 0 Å². The second kappa shape index (κ2) is 5.84. The minimum absolute atomic E-state index is 0.607. The summed E-state index contributed by atoms with van der Waals surface area (Å²) in [6.07, 6.45) is 1.44. The van der Waals surface area contributed by atoms with Gasteiger partial charge in [0.15, 0.2) is 0 Å². The van der Waals surface area contributed by atoms with Gasteiger partial charge < -0.3 is 0 Å². The standard InChI is InChI=1S/C19H15F3/c20-19(21,22)16-12-10-15(11-13-16)18-9-5-4-8-17(18)14-6-2-1-3-7-14/h1-7,10-13H,8-9H2. The van der Waals surface area contributed by atoms with E-state index in [1.165, 1.54) is 5.57 Å². The summed E-state index contributed by atoms with van der Waals surface area (Å²) in [5.41, 5.74) is 3.66. The van der Waals surface area contributed by atoms with Crippen LogP contribution in [0.2, 0.25) is 0 Å². The molecule has 0 aliphatic heterocycles. The number of rotatable bonds is 2. The number of halogens is 3. The fraction of sp³-hybridized carbons (Fsp3) is 0.158. The lowest BCUT2D eigenvalue weighted by Crippen LogP contribution is -2.04. The SMILES string of the molecule is FC(F)(F)c1ccc(C2=C(c3ccccc3)CC=CC2)cc1. The van der Waals surface area contributed by atoms with Crippen LogP contribution in [0.4, 0.5) is 13.2 Å². The van der Waals surface area contributed by atoms with Crippen molar-refractivity contribution in [3.05, 3.63) is 83.4 Å². The van der Waals surface area contributed by atoms with Crippen molar-refractivity contribution in [3.63, 3.8) is 0 Å². The second-order valence-corrected chi connectivity index (χ2v) is 5.28. The third kappa shape index (κ3) is 2.98. The van der Waals surface area contributed by atoms with E-state index in [9.17, 15) is 13.2 Å². The molecule has 0 unspecified atom stereocenters. The van der Waals surface area contributed by atoms with E-state index in [4.69, 9.17) is 0 Å². The first-order valence-corrected chi connectivity index (χ1v) is 7.16. The molecule has 0 spiro atoms. The van der Waals surface area contributed by atoms with E-state index in [0.29, 0.717) is 0 Å². The molecule has 0 aromatic heterocycles. The Morgan fingerprint density at radius 1 is 0.636 bits per heavy atom. The van der Waals surface area contributed by atoms with Crippen molar-refractivity contribution in [2.45, 2.75) is 19.0 Å². The summed E-state index contributed by atoms with van der Waals surface area (Å²) >= 11 is 0. The molecule has 0 bridgehead atoms. The number of alkyl halides is 3. The van der Waals surface area contributed by atoms with E-state index in [0.717, 1.165) is 41.7 Å². The van der Waals surface area contributed by atoms with Crippen LogP contribution in [0.25, 0.3) is 11.1 Å². The molecule has 0 saturated carbocycles. The van der Waals surface area contributed by atoms with E-state index in [-0.39, 0.29) is 0 Å². The van der Waals surface area contributed by atoms with Crippen LogP contribution in [0.15, 0.2) is 66.7 Å². The van der Waals surface area contributed by atoms with Crippen LogP contribution >= 0.6 is 0 Å². The highest BCUT2D eigenvalue weighted by Crippen LogP contribution is 2.36. The van der Waals surface area contributed by atoms with Gasteiger partial charge in [0.25, 0.3) is 0 Å². The molecule has 3 rings (SSSR count). The lowest BCUT2D eigenvalue weighted by molar-refractivity contribution is -0.137. The van der Waals surface area contributed by atoms with Crippen molar-refractivity contribution in [3.8, 4) is 0 Å². The van der Waals surface area contributed by atoms with Crippen molar-refractivity contribution in [2.75, 3.05) is 0 Å². The predicted molar refractivity (Wildman–Crippen MR) is 83.1 cm³/mol. The van der Waals surface area contributed by atoms with Gasteiger partial charge in [0, 0.05) is 0 Å². The Morgan fingerprint density at radius 2 is 1.14 bits per heavy atom. The van der Waals surface area contributed by atoms with Crippen LogP contribution in [0.3, 0.4) is 0 Å². The van der Waals surface area contributed by atoms with Crippen molar-refractivity contribution >= 4 is 11.1 Å². The lowest BCUT2D eigenvalue weighted by atomic mass is 9.87. The highest BCUT2D eigenvalue weighted by atomic mass is 19.4. The van der Waals surface area contributed by atoms with E-state index >= 15 is 0 Å². The molecule has 2 aromatic rings. The van der Waals surface area contributed by atoms with Crippen LogP contribution < -0.4 is 0 Å². The molecule has 1 aliphatic rings. The highest BCUT2D eigenvalue weighted by Gasteiger charge is 2.30. The predicted octanol–water partition coefficient (Wildman–Crippen LogP) is 5.97. The van der Waals surface area contributed by atoms with Gasteiger partial charge in [-0.05, 0) is 47.2 Å². The summed E-state index contributed by atoms with van der Waals surface area (Å²) in [4.78, 5) is 0. The molecule has 0 radical (unpaired) electrons. The summed E-state index contributed by atoms with van der Waals surface area (Å²) in [5.74, 6) is 0. The Kier molecular flexibility index (Phi) is 3.88. The summed E-state index contributed by atoms with van der Waals surface area (Å²) in [7, 11) is 0. The molecule has 2 aromatic carbocycles. The van der Waals surface area contributed by atoms with Crippen LogP contribution in [0.1, 0.15) is 29.5 Å². The molecular formula is C19H15F3. The normalized spacial score (nSPS) is 15.2. The Morgan fingerprint density at radius 3 is 1.64 bits per heavy atom. The first kappa shape index (κ1) is 14.6. The molecule has 0 atom stereocenters. The summed E-state index contributed by atoms with van der Waals surface area (Å²) in [6, 6.07) is 15.4. The van der Waals surface area contributed by atoms with E-state index in [1.807, 2.05) is 30.3 Å². The maximum Gasteiger partial charge on any atom is 0.416 e. The van der Waals surface area contributed by atoms with Gasteiger partial charge >= 0.3 is 6.18 Å². The molecule has 0 N–H and O–H groups in total. The summed E-state index contributed by atoms with van der Waals surface area (Å²) < 4.78 is 38.0. The van der Waals surface area contributed by atoms with Crippen molar-refractivity contribution in [1.29, 1.82) is 0 Å². The van der Waals surface area contributed by atoms with Crippen molar-refractivity contribution in [1.82, 2.24) is 0 Å². The average molecular weight is 300 g/mol. The Balaban J connectivity index is 2.02. The Bertz CT molecular complexity index is 705. The number of allylic oxidation sites excluding steroid dienone is 4. The summed E-state index contributed by atoms with van der Waals surface area (Å²) in [5, 5.41) is 0. The fourth-order valence-electron chi connectivity index (χ4n) is 2.73. The number of hydrogen-bond donors (Lipinski definition) is 0. The molecule has 0 amide bonds. The smallest absolute Gasteiger partial charge is 0.166 e. The lowest BCUT2D eigenvalue weighted by Gasteiger charge is -2.18. The molecule has 0 nitrogen and oxygen atoms in total. The molecule has 0 saturated heterocycles. The van der Waals surface area contributed by atoms with E-state index < -0.39 is 11.7 Å². The van der Waals surface area contributed by atoms with Gasteiger partial charge in [-0.2, -0.15) is 13.2 Å². The maximum atomic E-state index is 12.7. The molecule has 0 fully saturated rings. The summed E-state index contributed by atoms with van der Waals surface area (Å²) in [6.45, 7) is 0. The third-order valence-electron chi connectivity index (χ3n) is 3.86. The molecular weight excluding hydrogens is 285 g/mol. The zero-order valence-electron chi connectivity index (χ0n) is 11.9. The minimum atomic E-state index is -4.29. The number of benzene rings is 2. The molecule has 112 valence electrons. The zero-order valence-corrected chi connectivity index (χ0v) is 11.9. The van der Waals surface area contributed by atoms with Gasteiger partial charge in [-0.25, -0.2) is 0 Å². The quantitative estimate of drug-likeness (QED) is 0.600. The van der Waals surface area contributed by atoms with Crippen molar-refractivity contribution < 1.29 is 13.2 Å². The van der Waals surface area contributed by atoms with Crippen molar-refractivity contribution in [2.24, 2.45) is 0 Å². The van der Waals surface area contributed by atoms with Crippen LogP contribution in [-0.2, 0) is 6.18 Å². The first-order valence-electron chi connectivity index (χ1n) is 7.16. The monoisotopic (exact) mass is 300 g/mol. The van der Waals surface area contributed by atoms with Crippen LogP contribution in [0, 0.1) is 0 Å². The average Bonchev–Trinajstić information content (AvgIpc) is 2.55. The molecule has 22 heavy (non-hydrogen) atoms. The van der Waals surface area contributed by atoms with E-state index in [1.54, 1.807) is 12.1 Å². The molecule has 3 heteroatoms. The van der Waals surface area contributed by atoms with Crippen LogP contribution in [-0.4, -0.2) is 0 Å². The highest BCUT2D eigenvalue weighted by molar-refractivity contribution is 5.92. The van der Waals surface area contributed by atoms with Gasteiger partial charge in [-0.1, -0.05) is 54.6 Å². The van der Waals surface area contributed by atoms with Crippen LogP contribution in [0.5, 0.6) is 0 Å². The fourth-order valence-corrected chi connectivity index (χ4v) is 2.73. The van der Waals surface area contributed by atoms with Gasteiger partial charge in [0.05, 0.1) is 5.56 Å². The molecule has 1 aliphatic carbocycles. The second-order valence-electron chi connectivity index (χ2n) is 5.28.